The molecule has 1 unspecified atom stereocenters. The van der Waals surface area contributed by atoms with Gasteiger partial charge in [-0.05, 0) is 6.42 Å². The minimum atomic E-state index is -0.253. The highest BCUT2D eigenvalue weighted by atomic mass is 35.5. The summed E-state index contributed by atoms with van der Waals surface area (Å²) in [4.78, 5) is 9.97. The Balaban J connectivity index is 2.96. The summed E-state index contributed by atoms with van der Waals surface area (Å²) in [5.41, 5.74) is 0. The highest BCUT2D eigenvalue weighted by Crippen LogP contribution is 2.05. The van der Waals surface area contributed by atoms with E-state index in [1.54, 1.807) is 0 Å². The maximum absolute atomic E-state index is 9.97. The molecule has 1 nitrogen and oxygen atoms in total. The Morgan fingerprint density at radius 2 is 2.22 bits per heavy atom. The van der Waals surface area contributed by atoms with Crippen LogP contribution in [0.1, 0.15) is 32.6 Å². The van der Waals surface area contributed by atoms with E-state index >= 15 is 0 Å². The standard InChI is InChI=1S/C7H13ClO/c1-2-3-4-5-7(8)6-9/h6-7H,2-5H2,1H3. The van der Waals surface area contributed by atoms with Crippen LogP contribution in [0.5, 0.6) is 0 Å². The zero-order valence-electron chi connectivity index (χ0n) is 5.77. The first-order valence-corrected chi connectivity index (χ1v) is 3.84. The van der Waals surface area contributed by atoms with Crippen molar-refractivity contribution in [3.05, 3.63) is 0 Å². The summed E-state index contributed by atoms with van der Waals surface area (Å²) in [6.45, 7) is 2.13. The summed E-state index contributed by atoms with van der Waals surface area (Å²) >= 11 is 5.53. The van der Waals surface area contributed by atoms with Gasteiger partial charge in [-0.25, -0.2) is 0 Å². The highest BCUT2D eigenvalue weighted by molar-refractivity contribution is 6.27. The number of hydrogen-bond acceptors (Lipinski definition) is 1. The zero-order valence-corrected chi connectivity index (χ0v) is 6.53. The number of carbonyl (C=O) groups is 1. The molecule has 0 radical (unpaired) electrons. The van der Waals surface area contributed by atoms with Crippen molar-refractivity contribution in [3.8, 4) is 0 Å². The smallest absolute Gasteiger partial charge is 0.137 e. The molecule has 0 aromatic rings. The Hall–Kier alpha value is -0.0400. The van der Waals surface area contributed by atoms with E-state index in [4.69, 9.17) is 11.6 Å². The predicted octanol–water partition coefficient (Wildman–Crippen LogP) is 2.37. The highest BCUT2D eigenvalue weighted by Gasteiger charge is 1.99. The molecule has 9 heavy (non-hydrogen) atoms. The van der Waals surface area contributed by atoms with E-state index in [0.717, 1.165) is 19.1 Å². The second kappa shape index (κ2) is 6.09. The molecule has 0 N–H and O–H groups in total. The molecule has 0 amide bonds. The van der Waals surface area contributed by atoms with Crippen molar-refractivity contribution in [2.45, 2.75) is 38.0 Å². The van der Waals surface area contributed by atoms with E-state index < -0.39 is 0 Å². The molecular weight excluding hydrogens is 136 g/mol. The van der Waals surface area contributed by atoms with E-state index in [1.165, 1.54) is 12.8 Å². The van der Waals surface area contributed by atoms with Gasteiger partial charge in [0.1, 0.15) is 6.29 Å². The molecule has 0 rings (SSSR count). The quantitative estimate of drug-likeness (QED) is 0.332. The van der Waals surface area contributed by atoms with Crippen LogP contribution in [0.25, 0.3) is 0 Å². The molecule has 0 fully saturated rings. The summed E-state index contributed by atoms with van der Waals surface area (Å²) in [6, 6.07) is 0. The lowest BCUT2D eigenvalue weighted by Crippen LogP contribution is -1.98. The topological polar surface area (TPSA) is 17.1 Å². The summed E-state index contributed by atoms with van der Waals surface area (Å²) < 4.78 is 0. The predicted molar refractivity (Wildman–Crippen MR) is 39.8 cm³/mol. The van der Waals surface area contributed by atoms with Gasteiger partial charge in [0, 0.05) is 0 Å². The van der Waals surface area contributed by atoms with Crippen LogP contribution in [0.15, 0.2) is 0 Å². The Bertz CT molecular complexity index is 73.3. The Kier molecular flexibility index (Phi) is 6.06. The molecule has 0 saturated carbocycles. The fraction of sp³-hybridized carbons (Fsp3) is 0.857. The van der Waals surface area contributed by atoms with Crippen LogP contribution in [-0.2, 0) is 4.79 Å². The van der Waals surface area contributed by atoms with E-state index in [1.807, 2.05) is 0 Å². The van der Waals surface area contributed by atoms with Gasteiger partial charge in [0.05, 0.1) is 5.38 Å². The Morgan fingerprint density at radius 1 is 1.56 bits per heavy atom. The van der Waals surface area contributed by atoms with E-state index in [9.17, 15) is 4.79 Å². The lowest BCUT2D eigenvalue weighted by atomic mass is 10.2. The summed E-state index contributed by atoms with van der Waals surface area (Å²) in [7, 11) is 0. The third-order valence-corrected chi connectivity index (χ3v) is 1.55. The fourth-order valence-electron chi connectivity index (χ4n) is 0.657. The Labute approximate surface area is 61.4 Å². The molecule has 0 heterocycles. The average molecular weight is 149 g/mol. The first kappa shape index (κ1) is 8.96. The maximum Gasteiger partial charge on any atom is 0.137 e. The first-order chi connectivity index (χ1) is 4.31. The van der Waals surface area contributed by atoms with Crippen LogP contribution in [0.3, 0.4) is 0 Å². The van der Waals surface area contributed by atoms with E-state index in [-0.39, 0.29) is 5.38 Å². The lowest BCUT2D eigenvalue weighted by Gasteiger charge is -1.97. The number of halogens is 1. The molecule has 0 aromatic heterocycles. The van der Waals surface area contributed by atoms with E-state index in [0.29, 0.717) is 0 Å². The van der Waals surface area contributed by atoms with Gasteiger partial charge in [0.2, 0.25) is 0 Å². The molecular formula is C7H13ClO. The second-order valence-electron chi connectivity index (χ2n) is 2.15. The maximum atomic E-state index is 9.97. The van der Waals surface area contributed by atoms with Gasteiger partial charge in [-0.1, -0.05) is 26.2 Å². The van der Waals surface area contributed by atoms with Crippen LogP contribution in [0, 0.1) is 0 Å². The molecule has 0 saturated heterocycles. The van der Waals surface area contributed by atoms with Crippen LogP contribution < -0.4 is 0 Å². The van der Waals surface area contributed by atoms with Crippen molar-refractivity contribution >= 4 is 17.9 Å². The average Bonchev–Trinajstić information content (AvgIpc) is 1.89. The zero-order chi connectivity index (χ0) is 7.11. The van der Waals surface area contributed by atoms with Crippen LogP contribution in [0.4, 0.5) is 0 Å². The number of alkyl halides is 1. The van der Waals surface area contributed by atoms with Crippen LogP contribution in [0.2, 0.25) is 0 Å². The van der Waals surface area contributed by atoms with Crippen molar-refractivity contribution < 1.29 is 4.79 Å². The molecule has 0 spiro atoms. The van der Waals surface area contributed by atoms with Gasteiger partial charge in [-0.15, -0.1) is 11.6 Å². The lowest BCUT2D eigenvalue weighted by molar-refractivity contribution is -0.107. The summed E-state index contributed by atoms with van der Waals surface area (Å²) in [5, 5.41) is -0.253. The van der Waals surface area contributed by atoms with E-state index in [2.05, 4.69) is 6.92 Å². The third kappa shape index (κ3) is 5.84. The van der Waals surface area contributed by atoms with Crippen LogP contribution in [-0.4, -0.2) is 11.7 Å². The van der Waals surface area contributed by atoms with Gasteiger partial charge < -0.3 is 4.79 Å². The van der Waals surface area contributed by atoms with Crippen molar-refractivity contribution in [2.75, 3.05) is 0 Å². The molecule has 0 aliphatic carbocycles. The monoisotopic (exact) mass is 148 g/mol. The molecule has 0 aliphatic rings. The van der Waals surface area contributed by atoms with Crippen LogP contribution >= 0.6 is 11.6 Å². The molecule has 2 heteroatoms. The Morgan fingerprint density at radius 3 is 2.67 bits per heavy atom. The SMILES string of the molecule is CCCCCC(Cl)C=O. The minimum Gasteiger partial charge on any atom is -0.302 e. The first-order valence-electron chi connectivity index (χ1n) is 3.40. The number of aldehydes is 1. The largest absolute Gasteiger partial charge is 0.302 e. The normalized spacial score (nSPS) is 13.1. The van der Waals surface area contributed by atoms with Gasteiger partial charge >= 0.3 is 0 Å². The fourth-order valence-corrected chi connectivity index (χ4v) is 0.812. The van der Waals surface area contributed by atoms with Gasteiger partial charge in [-0.3, -0.25) is 0 Å². The van der Waals surface area contributed by atoms with Crippen molar-refractivity contribution in [1.82, 2.24) is 0 Å². The molecule has 0 aromatic carbocycles. The number of hydrogen-bond donors (Lipinski definition) is 0. The minimum absolute atomic E-state index is 0.253. The summed E-state index contributed by atoms with van der Waals surface area (Å²) in [6.07, 6.45) is 5.07. The molecule has 0 bridgehead atoms. The molecule has 0 aliphatic heterocycles. The van der Waals surface area contributed by atoms with Crippen molar-refractivity contribution in [1.29, 1.82) is 0 Å². The molecule has 1 atom stereocenters. The number of unbranched alkanes of at least 4 members (excludes halogenated alkanes) is 2. The number of carbonyl (C=O) groups excluding carboxylic acids is 1. The third-order valence-electron chi connectivity index (χ3n) is 1.23. The van der Waals surface area contributed by atoms with Gasteiger partial charge in [0.15, 0.2) is 0 Å². The van der Waals surface area contributed by atoms with Crippen molar-refractivity contribution in [2.24, 2.45) is 0 Å². The van der Waals surface area contributed by atoms with Gasteiger partial charge in [-0.2, -0.15) is 0 Å². The molecule has 54 valence electrons. The number of rotatable bonds is 5. The van der Waals surface area contributed by atoms with Crippen molar-refractivity contribution in [3.63, 3.8) is 0 Å². The van der Waals surface area contributed by atoms with Gasteiger partial charge in [0.25, 0.3) is 0 Å². The second-order valence-corrected chi connectivity index (χ2v) is 2.71. The summed E-state index contributed by atoms with van der Waals surface area (Å²) in [5.74, 6) is 0.